The highest BCUT2D eigenvalue weighted by Crippen LogP contribution is 2.20. The van der Waals surface area contributed by atoms with Crippen LogP contribution in [-0.4, -0.2) is 78.0 Å². The maximum Gasteiger partial charge on any atom is 0.320 e. The van der Waals surface area contributed by atoms with Crippen molar-refractivity contribution in [3.05, 3.63) is 41.3 Å². The molecule has 0 aliphatic carbocycles. The lowest BCUT2D eigenvalue weighted by atomic mass is 9.97. The number of allylic oxidation sites excluding steroid dienone is 1. The quantitative estimate of drug-likeness (QED) is 0.548. The second-order valence-corrected chi connectivity index (χ2v) is 8.25. The van der Waals surface area contributed by atoms with Gasteiger partial charge in [0, 0.05) is 62.5 Å². The molecule has 0 radical (unpaired) electrons. The molecule has 2 aromatic rings. The summed E-state index contributed by atoms with van der Waals surface area (Å²) in [5.74, 6) is 0.493. The molecule has 2 aliphatic rings. The van der Waals surface area contributed by atoms with E-state index in [9.17, 15) is 4.79 Å². The van der Waals surface area contributed by atoms with Gasteiger partial charge in [-0.15, -0.1) is 0 Å². The van der Waals surface area contributed by atoms with Crippen molar-refractivity contribution in [2.24, 2.45) is 5.92 Å². The van der Waals surface area contributed by atoms with E-state index in [0.717, 1.165) is 49.1 Å². The molecule has 0 bridgehead atoms. The fourth-order valence-electron chi connectivity index (χ4n) is 3.97. The molecular weight excluding hydrogens is 416 g/mol. The maximum atomic E-state index is 12.6. The first kappa shape index (κ1) is 21.5. The van der Waals surface area contributed by atoms with Gasteiger partial charge in [-0.3, -0.25) is 4.98 Å². The summed E-state index contributed by atoms with van der Waals surface area (Å²) in [5.41, 5.74) is 3.02. The molecule has 2 fully saturated rings. The number of hydrogen-bond acceptors (Lipinski definition) is 6. The molecule has 0 aromatic carbocycles. The number of nitrogens with zero attached hydrogens (tertiary/aromatic N) is 4. The number of halogens is 1. The van der Waals surface area contributed by atoms with Crippen LogP contribution in [0.3, 0.4) is 0 Å². The lowest BCUT2D eigenvalue weighted by Crippen LogP contribution is -2.50. The molecule has 0 atom stereocenters. The summed E-state index contributed by atoms with van der Waals surface area (Å²) in [6, 6.07) is 5.57. The first-order chi connectivity index (χ1) is 15.1. The van der Waals surface area contributed by atoms with Crippen molar-refractivity contribution in [2.75, 3.05) is 45.9 Å². The number of hydrogen-bond donors (Lipinski definition) is 2. The molecule has 31 heavy (non-hydrogen) atoms. The van der Waals surface area contributed by atoms with E-state index in [-0.39, 0.29) is 6.03 Å². The predicted octanol–water partition coefficient (Wildman–Crippen LogP) is 3.03. The highest BCUT2D eigenvalue weighted by Gasteiger charge is 2.27. The number of rotatable bonds is 5. The molecule has 2 N–H and O–H groups in total. The Labute approximate surface area is 186 Å². The monoisotopic (exact) mass is 442 g/mol. The van der Waals surface area contributed by atoms with Crippen LogP contribution in [0.1, 0.15) is 18.4 Å². The molecule has 2 saturated heterocycles. The Kier molecular flexibility index (Phi) is 6.99. The van der Waals surface area contributed by atoms with E-state index in [4.69, 9.17) is 21.7 Å². The van der Waals surface area contributed by atoms with Crippen LogP contribution < -0.4 is 5.32 Å². The van der Waals surface area contributed by atoms with Gasteiger partial charge in [0.1, 0.15) is 5.15 Å². The summed E-state index contributed by atoms with van der Waals surface area (Å²) in [5, 5.41) is 11.5. The standard InChI is InChI=1S/C22H27ClN6O2/c23-21-2-1-19-20(27-21)11-17(15-26-19)18(12-24)14-25-13-16-3-5-28(6-4-16)22(30)29-7-9-31-10-8-29/h1-2,11-12,14-16,24-25H,3-10,13H2/b18-14+,24-12?. The Hall–Kier alpha value is -2.71. The van der Waals surface area contributed by atoms with Gasteiger partial charge in [0.2, 0.25) is 0 Å². The highest BCUT2D eigenvalue weighted by atomic mass is 35.5. The van der Waals surface area contributed by atoms with Crippen molar-refractivity contribution < 1.29 is 9.53 Å². The second-order valence-electron chi connectivity index (χ2n) is 7.86. The average Bonchev–Trinajstić information content (AvgIpc) is 2.82. The Morgan fingerprint density at radius 2 is 1.94 bits per heavy atom. The van der Waals surface area contributed by atoms with Gasteiger partial charge in [-0.25, -0.2) is 9.78 Å². The number of fused-ring (bicyclic) bond motifs is 1. The number of aromatic nitrogens is 2. The van der Waals surface area contributed by atoms with E-state index in [0.29, 0.717) is 42.9 Å². The van der Waals surface area contributed by atoms with E-state index in [1.54, 1.807) is 12.3 Å². The van der Waals surface area contributed by atoms with Crippen molar-refractivity contribution in [1.29, 1.82) is 5.41 Å². The van der Waals surface area contributed by atoms with E-state index < -0.39 is 0 Å². The third kappa shape index (κ3) is 5.32. The molecular formula is C22H27ClN6O2. The van der Waals surface area contributed by atoms with Crippen LogP contribution >= 0.6 is 11.6 Å². The molecule has 2 amide bonds. The van der Waals surface area contributed by atoms with E-state index >= 15 is 0 Å². The number of morpholine rings is 1. The number of amides is 2. The fraction of sp³-hybridized carbons (Fsp3) is 0.455. The maximum absolute atomic E-state index is 12.6. The Morgan fingerprint density at radius 3 is 2.68 bits per heavy atom. The topological polar surface area (TPSA) is 94.4 Å². The van der Waals surface area contributed by atoms with Gasteiger partial charge in [-0.05, 0) is 37.0 Å². The molecule has 9 heteroatoms. The minimum absolute atomic E-state index is 0.137. The predicted molar refractivity (Wildman–Crippen MR) is 121 cm³/mol. The minimum Gasteiger partial charge on any atom is -0.390 e. The SMILES string of the molecule is N=C/C(=C\NCC1CCN(C(=O)N2CCOCC2)CC1)c1cnc2ccc(Cl)nc2c1. The summed E-state index contributed by atoms with van der Waals surface area (Å²) >= 11 is 5.98. The number of likely N-dealkylation sites (tertiary alicyclic amines) is 1. The Morgan fingerprint density at radius 1 is 1.19 bits per heavy atom. The van der Waals surface area contributed by atoms with Gasteiger partial charge in [0.25, 0.3) is 0 Å². The van der Waals surface area contributed by atoms with E-state index in [1.165, 1.54) is 6.21 Å². The Bertz CT molecular complexity index is 968. The number of nitrogens with one attached hydrogen (secondary N) is 2. The first-order valence-corrected chi connectivity index (χ1v) is 11.0. The number of pyridine rings is 2. The van der Waals surface area contributed by atoms with Crippen LogP contribution in [-0.2, 0) is 4.74 Å². The Balaban J connectivity index is 1.30. The lowest BCUT2D eigenvalue weighted by Gasteiger charge is -2.37. The van der Waals surface area contributed by atoms with Gasteiger partial charge in [-0.2, -0.15) is 0 Å². The van der Waals surface area contributed by atoms with Gasteiger partial charge in [-0.1, -0.05) is 11.6 Å². The number of urea groups is 1. The highest BCUT2D eigenvalue weighted by molar-refractivity contribution is 6.29. The van der Waals surface area contributed by atoms with Crippen molar-refractivity contribution >= 4 is 40.5 Å². The second kappa shape index (κ2) is 10.1. The summed E-state index contributed by atoms with van der Waals surface area (Å²) in [7, 11) is 0. The van der Waals surface area contributed by atoms with E-state index in [1.807, 2.05) is 28.1 Å². The summed E-state index contributed by atoms with van der Waals surface area (Å²) in [6.45, 7) is 5.00. The number of piperidine rings is 1. The van der Waals surface area contributed by atoms with Crippen LogP contribution in [0.5, 0.6) is 0 Å². The lowest BCUT2D eigenvalue weighted by molar-refractivity contribution is 0.0401. The van der Waals surface area contributed by atoms with Crippen LogP contribution in [0.2, 0.25) is 5.15 Å². The largest absolute Gasteiger partial charge is 0.390 e. The molecule has 2 aromatic heterocycles. The van der Waals surface area contributed by atoms with Crippen molar-refractivity contribution in [1.82, 2.24) is 25.1 Å². The molecule has 164 valence electrons. The van der Waals surface area contributed by atoms with Crippen LogP contribution in [0.4, 0.5) is 4.79 Å². The number of carbonyl (C=O) groups excluding carboxylic acids is 1. The van der Waals surface area contributed by atoms with Crippen LogP contribution in [0.25, 0.3) is 16.6 Å². The smallest absolute Gasteiger partial charge is 0.320 e. The van der Waals surface area contributed by atoms with Gasteiger partial charge < -0.3 is 25.3 Å². The molecule has 8 nitrogen and oxygen atoms in total. The van der Waals surface area contributed by atoms with E-state index in [2.05, 4.69) is 15.3 Å². The van der Waals surface area contributed by atoms with Gasteiger partial charge in [0.15, 0.2) is 0 Å². The molecule has 4 rings (SSSR count). The summed E-state index contributed by atoms with van der Waals surface area (Å²) < 4.78 is 5.33. The zero-order valence-electron chi connectivity index (χ0n) is 17.4. The van der Waals surface area contributed by atoms with Crippen LogP contribution in [0, 0.1) is 11.3 Å². The normalized spacial score (nSPS) is 18.3. The minimum atomic E-state index is 0.137. The zero-order chi connectivity index (χ0) is 21.6. The summed E-state index contributed by atoms with van der Waals surface area (Å²) in [4.78, 5) is 25.2. The molecule has 0 saturated carbocycles. The molecule has 0 spiro atoms. The number of carbonyl (C=O) groups is 1. The first-order valence-electron chi connectivity index (χ1n) is 10.6. The summed E-state index contributed by atoms with van der Waals surface area (Å²) in [6.07, 6.45) is 6.84. The zero-order valence-corrected chi connectivity index (χ0v) is 18.1. The van der Waals surface area contributed by atoms with Crippen molar-refractivity contribution in [2.45, 2.75) is 12.8 Å². The average molecular weight is 443 g/mol. The molecule has 2 aliphatic heterocycles. The third-order valence-electron chi connectivity index (χ3n) is 5.82. The van der Waals surface area contributed by atoms with Crippen LogP contribution in [0.15, 0.2) is 30.6 Å². The fourth-order valence-corrected chi connectivity index (χ4v) is 4.12. The van der Waals surface area contributed by atoms with Crippen molar-refractivity contribution in [3.8, 4) is 0 Å². The van der Waals surface area contributed by atoms with Gasteiger partial charge >= 0.3 is 6.03 Å². The van der Waals surface area contributed by atoms with Crippen molar-refractivity contribution in [3.63, 3.8) is 0 Å². The van der Waals surface area contributed by atoms with Gasteiger partial charge in [0.05, 0.1) is 24.2 Å². The molecule has 4 heterocycles. The molecule has 0 unspecified atom stereocenters. The number of ether oxygens (including phenoxy) is 1. The third-order valence-corrected chi connectivity index (χ3v) is 6.03.